The fourth-order valence-corrected chi connectivity index (χ4v) is 1.77. The number of oxime groups is 1. The molecule has 0 fully saturated rings. The van der Waals surface area contributed by atoms with E-state index in [0.717, 1.165) is 5.56 Å². The fourth-order valence-electron chi connectivity index (χ4n) is 1.77. The van der Waals surface area contributed by atoms with E-state index in [1.54, 1.807) is 31.2 Å². The zero-order valence-electron chi connectivity index (χ0n) is 11.2. The average Bonchev–Trinajstić information content (AvgIpc) is 2.50. The van der Waals surface area contributed by atoms with E-state index in [-0.39, 0.29) is 11.3 Å². The fraction of sp³-hybridized carbons (Fsp3) is 0.0667. The molecule has 0 aromatic heterocycles. The largest absolute Gasteiger partial charge is 0.504 e. The third-order valence-corrected chi connectivity index (χ3v) is 2.97. The van der Waals surface area contributed by atoms with E-state index >= 15 is 0 Å². The number of aromatic hydroxyl groups is 2. The van der Waals surface area contributed by atoms with Crippen molar-refractivity contribution in [2.24, 2.45) is 5.16 Å². The molecule has 21 heavy (non-hydrogen) atoms. The molecule has 0 atom stereocenters. The molecule has 2 aromatic rings. The van der Waals surface area contributed by atoms with Crippen molar-refractivity contribution in [2.75, 3.05) is 5.32 Å². The number of amides is 1. The van der Waals surface area contributed by atoms with Crippen LogP contribution in [0.5, 0.6) is 11.5 Å². The monoisotopic (exact) mass is 286 g/mol. The van der Waals surface area contributed by atoms with Gasteiger partial charge in [0, 0.05) is 5.69 Å². The molecule has 0 saturated heterocycles. The Morgan fingerprint density at radius 1 is 1.10 bits per heavy atom. The minimum Gasteiger partial charge on any atom is -0.504 e. The van der Waals surface area contributed by atoms with Crippen molar-refractivity contribution >= 4 is 17.3 Å². The normalized spacial score (nSPS) is 11.2. The quantitative estimate of drug-likeness (QED) is 0.301. The van der Waals surface area contributed by atoms with Gasteiger partial charge in [0.15, 0.2) is 11.5 Å². The van der Waals surface area contributed by atoms with Crippen molar-refractivity contribution in [3.63, 3.8) is 0 Å². The summed E-state index contributed by atoms with van der Waals surface area (Å²) in [6, 6.07) is 10.8. The lowest BCUT2D eigenvalue weighted by Gasteiger charge is -2.08. The van der Waals surface area contributed by atoms with Crippen LogP contribution in [0, 0.1) is 0 Å². The molecule has 0 bridgehead atoms. The number of benzene rings is 2. The highest BCUT2D eigenvalue weighted by Gasteiger charge is 2.14. The van der Waals surface area contributed by atoms with Gasteiger partial charge in [-0.25, -0.2) is 0 Å². The molecule has 2 aromatic carbocycles. The number of carbonyl (C=O) groups is 1. The summed E-state index contributed by atoms with van der Waals surface area (Å²) in [6.45, 7) is 1.65. The lowest BCUT2D eigenvalue weighted by Crippen LogP contribution is -2.12. The first-order valence-electron chi connectivity index (χ1n) is 6.14. The van der Waals surface area contributed by atoms with Gasteiger partial charge in [-0.1, -0.05) is 23.4 Å². The van der Waals surface area contributed by atoms with E-state index in [2.05, 4.69) is 10.5 Å². The maximum atomic E-state index is 12.0. The Morgan fingerprint density at radius 2 is 1.76 bits per heavy atom. The van der Waals surface area contributed by atoms with E-state index in [4.69, 9.17) is 5.21 Å². The predicted octanol–water partition coefficient (Wildman–Crippen LogP) is 2.55. The maximum absolute atomic E-state index is 12.0. The maximum Gasteiger partial charge on any atom is 0.259 e. The Kier molecular flexibility index (Phi) is 4.08. The second-order valence-electron chi connectivity index (χ2n) is 4.39. The van der Waals surface area contributed by atoms with Crippen molar-refractivity contribution in [1.29, 1.82) is 0 Å². The Hall–Kier alpha value is -3.02. The number of hydrogen-bond donors (Lipinski definition) is 4. The SMILES string of the molecule is C/C(=N/O)c1ccc(NC(=O)c2cccc(O)c2O)cc1. The van der Waals surface area contributed by atoms with Gasteiger partial charge >= 0.3 is 0 Å². The van der Waals surface area contributed by atoms with Gasteiger partial charge in [0.1, 0.15) is 0 Å². The molecule has 4 N–H and O–H groups in total. The molecule has 0 aliphatic rings. The van der Waals surface area contributed by atoms with Gasteiger partial charge < -0.3 is 20.7 Å². The smallest absolute Gasteiger partial charge is 0.259 e. The lowest BCUT2D eigenvalue weighted by molar-refractivity contribution is 0.102. The molecule has 1 amide bonds. The van der Waals surface area contributed by atoms with Gasteiger partial charge in [-0.3, -0.25) is 4.79 Å². The summed E-state index contributed by atoms with van der Waals surface area (Å²) in [5, 5.41) is 33.4. The van der Waals surface area contributed by atoms with Crippen LogP contribution < -0.4 is 5.32 Å². The molecule has 0 radical (unpaired) electrons. The molecule has 108 valence electrons. The van der Waals surface area contributed by atoms with Gasteiger partial charge in [-0.05, 0) is 36.8 Å². The molecule has 0 saturated carbocycles. The van der Waals surface area contributed by atoms with Crippen LogP contribution in [0.2, 0.25) is 0 Å². The van der Waals surface area contributed by atoms with Crippen LogP contribution >= 0.6 is 0 Å². The van der Waals surface area contributed by atoms with Gasteiger partial charge in [0.2, 0.25) is 0 Å². The highest BCUT2D eigenvalue weighted by Crippen LogP contribution is 2.28. The Balaban J connectivity index is 2.18. The number of anilines is 1. The number of para-hydroxylation sites is 1. The predicted molar refractivity (Wildman–Crippen MR) is 78.2 cm³/mol. The summed E-state index contributed by atoms with van der Waals surface area (Å²) in [6.07, 6.45) is 0. The van der Waals surface area contributed by atoms with Crippen LogP contribution in [0.3, 0.4) is 0 Å². The lowest BCUT2D eigenvalue weighted by atomic mass is 10.1. The highest BCUT2D eigenvalue weighted by molar-refractivity contribution is 6.07. The van der Waals surface area contributed by atoms with Crippen LogP contribution in [0.1, 0.15) is 22.8 Å². The van der Waals surface area contributed by atoms with E-state index in [1.807, 2.05) is 0 Å². The Morgan fingerprint density at radius 3 is 2.38 bits per heavy atom. The number of phenols is 2. The van der Waals surface area contributed by atoms with Gasteiger partial charge in [0.25, 0.3) is 5.91 Å². The molecule has 0 heterocycles. The summed E-state index contributed by atoms with van der Waals surface area (Å²) in [5.41, 5.74) is 1.67. The minimum absolute atomic E-state index is 0.0211. The Bertz CT molecular complexity index is 693. The molecule has 6 heteroatoms. The summed E-state index contributed by atoms with van der Waals surface area (Å²) < 4.78 is 0. The molecule has 6 nitrogen and oxygen atoms in total. The van der Waals surface area contributed by atoms with E-state index in [1.165, 1.54) is 18.2 Å². The van der Waals surface area contributed by atoms with Crippen molar-refractivity contribution in [2.45, 2.75) is 6.92 Å². The van der Waals surface area contributed by atoms with Crippen molar-refractivity contribution in [3.8, 4) is 11.5 Å². The van der Waals surface area contributed by atoms with Gasteiger partial charge in [0.05, 0.1) is 11.3 Å². The number of carbonyl (C=O) groups excluding carboxylic acids is 1. The van der Waals surface area contributed by atoms with Crippen LogP contribution in [0.25, 0.3) is 0 Å². The molecule has 2 rings (SSSR count). The van der Waals surface area contributed by atoms with Crippen molar-refractivity contribution in [3.05, 3.63) is 53.6 Å². The molecule has 0 aliphatic heterocycles. The van der Waals surface area contributed by atoms with Crippen LogP contribution in [-0.2, 0) is 0 Å². The van der Waals surface area contributed by atoms with Crippen molar-refractivity contribution < 1.29 is 20.2 Å². The van der Waals surface area contributed by atoms with Gasteiger partial charge in [-0.2, -0.15) is 0 Å². The number of phenolic OH excluding ortho intramolecular Hbond substituents is 2. The topological polar surface area (TPSA) is 102 Å². The summed E-state index contributed by atoms with van der Waals surface area (Å²) in [4.78, 5) is 12.0. The minimum atomic E-state index is -0.538. The van der Waals surface area contributed by atoms with Crippen molar-refractivity contribution in [1.82, 2.24) is 0 Å². The van der Waals surface area contributed by atoms with Gasteiger partial charge in [-0.15, -0.1) is 0 Å². The second-order valence-corrected chi connectivity index (χ2v) is 4.39. The summed E-state index contributed by atoms with van der Waals surface area (Å²) in [5.74, 6) is -1.36. The molecular weight excluding hydrogens is 272 g/mol. The number of hydrogen-bond acceptors (Lipinski definition) is 5. The molecule has 0 aliphatic carbocycles. The number of nitrogens with one attached hydrogen (secondary N) is 1. The van der Waals surface area contributed by atoms with Crippen LogP contribution in [0.4, 0.5) is 5.69 Å². The first-order valence-corrected chi connectivity index (χ1v) is 6.14. The number of nitrogens with zero attached hydrogens (tertiary/aromatic N) is 1. The summed E-state index contributed by atoms with van der Waals surface area (Å²) >= 11 is 0. The van der Waals surface area contributed by atoms with E-state index in [0.29, 0.717) is 11.4 Å². The molecular formula is C15H14N2O4. The zero-order valence-corrected chi connectivity index (χ0v) is 11.2. The average molecular weight is 286 g/mol. The van der Waals surface area contributed by atoms with E-state index in [9.17, 15) is 15.0 Å². The highest BCUT2D eigenvalue weighted by atomic mass is 16.4. The van der Waals surface area contributed by atoms with Crippen LogP contribution in [-0.4, -0.2) is 27.0 Å². The molecule has 0 spiro atoms. The first kappa shape index (κ1) is 14.4. The van der Waals surface area contributed by atoms with E-state index < -0.39 is 11.7 Å². The summed E-state index contributed by atoms with van der Waals surface area (Å²) in [7, 11) is 0. The first-order chi connectivity index (χ1) is 10.0. The second kappa shape index (κ2) is 5.96. The molecule has 0 unspecified atom stereocenters. The third-order valence-electron chi connectivity index (χ3n) is 2.97. The number of rotatable bonds is 3. The standard InChI is InChI=1S/C15H14N2O4/c1-9(17-21)10-5-7-11(8-6-10)16-15(20)12-3-2-4-13(18)14(12)19/h2-8,18-19,21H,1H3,(H,16,20)/b17-9-. The third kappa shape index (κ3) is 3.11. The zero-order chi connectivity index (χ0) is 15.4. The van der Waals surface area contributed by atoms with Crippen LogP contribution in [0.15, 0.2) is 47.6 Å². The Labute approximate surface area is 121 Å².